The van der Waals surface area contributed by atoms with Crippen LogP contribution in [0.15, 0.2) is 0 Å². The fourth-order valence-corrected chi connectivity index (χ4v) is 8.24. The number of carbonyl (C=O) groups is 1. The van der Waals surface area contributed by atoms with E-state index in [0.717, 1.165) is 57.2 Å². The second-order valence-corrected chi connectivity index (χ2v) is 10.8. The van der Waals surface area contributed by atoms with E-state index in [2.05, 4.69) is 33.0 Å². The van der Waals surface area contributed by atoms with Crippen LogP contribution in [0.5, 0.6) is 0 Å². The van der Waals surface area contributed by atoms with Crippen molar-refractivity contribution >= 4 is 5.91 Å². The van der Waals surface area contributed by atoms with Crippen molar-refractivity contribution in [3.05, 3.63) is 5.82 Å². The third-order valence-corrected chi connectivity index (χ3v) is 8.95. The van der Waals surface area contributed by atoms with Gasteiger partial charge in [-0.05, 0) is 88.2 Å². The molecule has 2 unspecified atom stereocenters. The average Bonchev–Trinajstić information content (AvgIpc) is 3.36. The van der Waals surface area contributed by atoms with E-state index in [0.29, 0.717) is 29.8 Å². The molecule has 2 saturated heterocycles. The summed E-state index contributed by atoms with van der Waals surface area (Å²) < 4.78 is 0. The van der Waals surface area contributed by atoms with Gasteiger partial charge < -0.3 is 10.6 Å². The van der Waals surface area contributed by atoms with Gasteiger partial charge >= 0.3 is 0 Å². The van der Waals surface area contributed by atoms with Gasteiger partial charge in [0.15, 0.2) is 5.82 Å². The minimum absolute atomic E-state index is 0.0507. The number of carbonyl (C=O) groups excluding carboxylic acids is 1. The monoisotopic (exact) mass is 384 g/mol. The number of aryl methyl sites for hydroxylation is 1. The lowest BCUT2D eigenvalue weighted by molar-refractivity contribution is -0.142. The summed E-state index contributed by atoms with van der Waals surface area (Å²) >= 11 is 0. The summed E-state index contributed by atoms with van der Waals surface area (Å²) in [5.41, 5.74) is -0.334. The van der Waals surface area contributed by atoms with Crippen molar-refractivity contribution in [1.29, 1.82) is 0 Å². The van der Waals surface area contributed by atoms with Gasteiger partial charge in [0.1, 0.15) is 0 Å². The molecular weight excluding hydrogens is 352 g/mol. The number of nitrogens with one attached hydrogen (secondary N) is 2. The van der Waals surface area contributed by atoms with Gasteiger partial charge in [-0.25, -0.2) is 0 Å². The first-order valence-corrected chi connectivity index (χ1v) is 11.3. The van der Waals surface area contributed by atoms with Crippen LogP contribution in [0.3, 0.4) is 0 Å². The molecule has 0 aromatic carbocycles. The van der Waals surface area contributed by atoms with Crippen LogP contribution < -0.4 is 10.6 Å². The molecule has 0 spiro atoms. The number of hydrogen-bond donors (Lipinski definition) is 2. The standard InChI is InChI=1S/C21H32N6O/c1-3-21(11-16-4-5-17(21)22-16)18(28)23-19-7-14-6-15(8-19)10-20(9-14,12-19)27-25-13(2)24-26-27/h14-17,22H,3-12H2,1-2H3,(H,23,28)/t14?,15?,16-,17+,19?,20?,21+/m0/s1. The van der Waals surface area contributed by atoms with Crippen molar-refractivity contribution in [2.24, 2.45) is 17.3 Å². The van der Waals surface area contributed by atoms with E-state index in [-0.39, 0.29) is 16.5 Å². The summed E-state index contributed by atoms with van der Waals surface area (Å²) in [6, 6.07) is 0.908. The van der Waals surface area contributed by atoms with Crippen molar-refractivity contribution in [1.82, 2.24) is 30.8 Å². The summed E-state index contributed by atoms with van der Waals surface area (Å²) in [5.74, 6) is 2.40. The van der Waals surface area contributed by atoms with Crippen molar-refractivity contribution in [2.75, 3.05) is 0 Å². The number of aromatic nitrogens is 4. The maximum Gasteiger partial charge on any atom is 0.228 e. The third-order valence-electron chi connectivity index (χ3n) is 8.95. The zero-order valence-corrected chi connectivity index (χ0v) is 17.1. The predicted molar refractivity (Wildman–Crippen MR) is 103 cm³/mol. The Balaban J connectivity index is 1.31. The van der Waals surface area contributed by atoms with Crippen LogP contribution in [0, 0.1) is 24.2 Å². The van der Waals surface area contributed by atoms with Gasteiger partial charge in [0, 0.05) is 17.6 Å². The second kappa shape index (κ2) is 5.55. The summed E-state index contributed by atoms with van der Waals surface area (Å²) in [6.07, 6.45) is 11.1. The summed E-state index contributed by atoms with van der Waals surface area (Å²) in [6.45, 7) is 4.11. The molecule has 6 bridgehead atoms. The van der Waals surface area contributed by atoms with Crippen LogP contribution in [-0.4, -0.2) is 43.7 Å². The largest absolute Gasteiger partial charge is 0.350 e. The molecule has 6 aliphatic rings. The molecule has 7 rings (SSSR count). The number of fused-ring (bicyclic) bond motifs is 2. The summed E-state index contributed by atoms with van der Waals surface area (Å²) in [7, 11) is 0. The van der Waals surface area contributed by atoms with Crippen LogP contribution in [0.4, 0.5) is 0 Å². The molecule has 1 amide bonds. The highest BCUT2D eigenvalue weighted by Gasteiger charge is 2.62. The van der Waals surface area contributed by atoms with E-state index >= 15 is 0 Å². The smallest absolute Gasteiger partial charge is 0.228 e. The van der Waals surface area contributed by atoms with Crippen LogP contribution in [0.1, 0.15) is 77.0 Å². The van der Waals surface area contributed by atoms with E-state index in [1.54, 1.807) is 0 Å². The van der Waals surface area contributed by atoms with E-state index < -0.39 is 0 Å². The zero-order chi connectivity index (χ0) is 19.1. The molecule has 7 heteroatoms. The van der Waals surface area contributed by atoms with Gasteiger partial charge in [0.2, 0.25) is 5.91 Å². The summed E-state index contributed by atoms with van der Waals surface area (Å²) in [5, 5.41) is 20.6. The van der Waals surface area contributed by atoms with Crippen molar-refractivity contribution in [3.63, 3.8) is 0 Å². The third kappa shape index (κ3) is 2.25. The Morgan fingerprint density at radius 3 is 2.57 bits per heavy atom. The SMILES string of the molecule is CC[C@@]1(C(=O)NC23CC4CC(C2)CC(n2nnc(C)n2)(C4)C3)C[C@@H]2CC[C@H]1N2. The van der Waals surface area contributed by atoms with Gasteiger partial charge in [-0.2, -0.15) is 4.80 Å². The average molecular weight is 385 g/mol. The lowest BCUT2D eigenvalue weighted by atomic mass is 9.49. The number of rotatable bonds is 4. The minimum atomic E-state index is -0.207. The molecule has 5 atom stereocenters. The fraction of sp³-hybridized carbons (Fsp3) is 0.905. The molecular formula is C21H32N6O. The predicted octanol–water partition coefficient (Wildman–Crippen LogP) is 2.07. The molecule has 28 heavy (non-hydrogen) atoms. The first kappa shape index (κ1) is 17.4. The van der Waals surface area contributed by atoms with Crippen molar-refractivity contribution in [3.8, 4) is 0 Å². The van der Waals surface area contributed by atoms with Crippen LogP contribution in [0.25, 0.3) is 0 Å². The van der Waals surface area contributed by atoms with Crippen LogP contribution in [-0.2, 0) is 10.3 Å². The van der Waals surface area contributed by atoms with Gasteiger partial charge in [-0.3, -0.25) is 4.79 Å². The van der Waals surface area contributed by atoms with Crippen LogP contribution >= 0.6 is 0 Å². The van der Waals surface area contributed by atoms with Gasteiger partial charge in [-0.1, -0.05) is 6.92 Å². The van der Waals surface area contributed by atoms with Crippen LogP contribution in [0.2, 0.25) is 0 Å². The number of tetrazole rings is 1. The second-order valence-electron chi connectivity index (χ2n) is 10.8. The van der Waals surface area contributed by atoms with E-state index in [1.807, 2.05) is 11.7 Å². The zero-order valence-electron chi connectivity index (χ0n) is 17.1. The van der Waals surface area contributed by atoms with Crippen molar-refractivity contribution < 1.29 is 4.79 Å². The topological polar surface area (TPSA) is 84.7 Å². The minimum Gasteiger partial charge on any atom is -0.350 e. The Labute approximate surface area is 166 Å². The molecule has 0 radical (unpaired) electrons. The van der Waals surface area contributed by atoms with E-state index in [4.69, 9.17) is 0 Å². The summed E-state index contributed by atoms with van der Waals surface area (Å²) in [4.78, 5) is 15.6. The number of amides is 1. The van der Waals surface area contributed by atoms with Gasteiger partial charge in [0.25, 0.3) is 0 Å². The molecule has 2 N–H and O–H groups in total. The highest BCUT2D eigenvalue weighted by atomic mass is 16.2. The Morgan fingerprint density at radius 2 is 2.00 bits per heavy atom. The molecule has 152 valence electrons. The van der Waals surface area contributed by atoms with E-state index in [9.17, 15) is 4.79 Å². The van der Waals surface area contributed by atoms with Crippen molar-refractivity contribution in [2.45, 2.75) is 101 Å². The number of nitrogens with zero attached hydrogens (tertiary/aromatic N) is 4. The first-order valence-electron chi connectivity index (χ1n) is 11.3. The Kier molecular flexibility index (Phi) is 3.44. The maximum atomic E-state index is 13.7. The lowest BCUT2D eigenvalue weighted by Gasteiger charge is -2.61. The highest BCUT2D eigenvalue weighted by molar-refractivity contribution is 5.85. The Hall–Kier alpha value is -1.50. The molecule has 4 aliphatic carbocycles. The lowest BCUT2D eigenvalue weighted by Crippen LogP contribution is -2.68. The molecule has 7 nitrogen and oxygen atoms in total. The number of hydrogen-bond acceptors (Lipinski definition) is 5. The Bertz CT molecular complexity index is 806. The first-order chi connectivity index (χ1) is 13.4. The molecule has 4 saturated carbocycles. The Morgan fingerprint density at radius 1 is 1.21 bits per heavy atom. The quantitative estimate of drug-likeness (QED) is 0.830. The molecule has 1 aromatic rings. The highest BCUT2D eigenvalue weighted by Crippen LogP contribution is 2.60. The maximum absolute atomic E-state index is 13.7. The van der Waals surface area contributed by atoms with E-state index in [1.165, 1.54) is 12.8 Å². The van der Waals surface area contributed by atoms with Gasteiger partial charge in [-0.15, -0.1) is 10.2 Å². The molecule has 3 heterocycles. The fourth-order valence-electron chi connectivity index (χ4n) is 8.24. The molecule has 6 fully saturated rings. The normalized spacial score (nSPS) is 48.4. The van der Waals surface area contributed by atoms with Gasteiger partial charge in [0.05, 0.1) is 11.0 Å². The molecule has 1 aromatic heterocycles. The molecule has 2 aliphatic heterocycles.